The number of hydrogen-bond donors (Lipinski definition) is 2. The first-order valence-corrected chi connectivity index (χ1v) is 6.83. The van der Waals surface area contributed by atoms with E-state index in [4.69, 9.17) is 10.3 Å². The van der Waals surface area contributed by atoms with Crippen molar-refractivity contribution >= 4 is 5.91 Å². The molecule has 0 unspecified atom stereocenters. The van der Waals surface area contributed by atoms with Gasteiger partial charge in [0.1, 0.15) is 5.82 Å². The summed E-state index contributed by atoms with van der Waals surface area (Å²) in [5.41, 5.74) is 5.41. The van der Waals surface area contributed by atoms with Gasteiger partial charge in [0.15, 0.2) is 5.76 Å². The largest absolute Gasteiger partial charge is 0.459 e. The first-order chi connectivity index (χ1) is 9.70. The van der Waals surface area contributed by atoms with E-state index in [1.165, 1.54) is 30.5 Å². The molecule has 6 heteroatoms. The van der Waals surface area contributed by atoms with Crippen LogP contribution < -0.4 is 11.3 Å². The van der Waals surface area contributed by atoms with Gasteiger partial charge < -0.3 is 8.98 Å². The number of nitrogens with one attached hydrogen (secondary N) is 1. The van der Waals surface area contributed by atoms with E-state index < -0.39 is 5.91 Å². The Balaban J connectivity index is 1.94. The number of aryl methyl sites for hydroxylation is 2. The van der Waals surface area contributed by atoms with Crippen LogP contribution in [0.5, 0.6) is 0 Å². The van der Waals surface area contributed by atoms with Crippen LogP contribution in [-0.2, 0) is 19.4 Å². The molecule has 0 aliphatic heterocycles. The zero-order valence-electron chi connectivity index (χ0n) is 11.5. The van der Waals surface area contributed by atoms with Crippen molar-refractivity contribution in [3.63, 3.8) is 0 Å². The molecule has 6 nitrogen and oxygen atoms in total. The first kappa shape index (κ1) is 12.9. The van der Waals surface area contributed by atoms with Gasteiger partial charge >= 0.3 is 5.91 Å². The molecule has 20 heavy (non-hydrogen) atoms. The van der Waals surface area contributed by atoms with Crippen LogP contribution in [0, 0.1) is 6.92 Å². The Morgan fingerprint density at radius 1 is 1.50 bits per heavy atom. The molecule has 1 amide bonds. The fourth-order valence-corrected chi connectivity index (χ4v) is 2.84. The maximum Gasteiger partial charge on any atom is 0.301 e. The first-order valence-electron chi connectivity index (χ1n) is 6.83. The number of nitrogens with zero attached hydrogens (tertiary/aromatic N) is 2. The molecule has 106 valence electrons. The van der Waals surface area contributed by atoms with Gasteiger partial charge in [0, 0.05) is 11.3 Å². The second kappa shape index (κ2) is 5.13. The summed E-state index contributed by atoms with van der Waals surface area (Å²) in [5, 5.41) is 0. The molecule has 1 aliphatic rings. The summed E-state index contributed by atoms with van der Waals surface area (Å²) in [4.78, 5) is 16.3. The molecule has 2 heterocycles. The Morgan fingerprint density at radius 3 is 3.10 bits per heavy atom. The number of rotatable bonds is 3. The SMILES string of the molecule is Cc1nc2c(n1Cc1ccoc1C(=O)NN)CCCC2. The van der Waals surface area contributed by atoms with Gasteiger partial charge in [0.25, 0.3) is 0 Å². The molecular weight excluding hydrogens is 256 g/mol. The van der Waals surface area contributed by atoms with Gasteiger partial charge in [-0.1, -0.05) is 0 Å². The third-order valence-corrected chi connectivity index (χ3v) is 3.84. The predicted octanol–water partition coefficient (Wildman–Crippen LogP) is 1.32. The molecule has 0 atom stereocenters. The van der Waals surface area contributed by atoms with E-state index in [9.17, 15) is 4.79 Å². The number of carbonyl (C=O) groups excluding carboxylic acids is 1. The minimum absolute atomic E-state index is 0.269. The Kier molecular flexibility index (Phi) is 3.31. The number of amides is 1. The molecule has 0 fully saturated rings. The van der Waals surface area contributed by atoms with Crippen LogP contribution in [0.4, 0.5) is 0 Å². The molecular formula is C14H18N4O2. The van der Waals surface area contributed by atoms with Crippen LogP contribution in [0.1, 0.15) is 46.2 Å². The van der Waals surface area contributed by atoms with Crippen LogP contribution >= 0.6 is 0 Å². The number of nitrogen functional groups attached to an aromatic ring is 1. The zero-order chi connectivity index (χ0) is 14.1. The molecule has 2 aromatic rings. The monoisotopic (exact) mass is 274 g/mol. The quantitative estimate of drug-likeness (QED) is 0.502. The van der Waals surface area contributed by atoms with E-state index in [-0.39, 0.29) is 5.76 Å². The lowest BCUT2D eigenvalue weighted by atomic mass is 10.0. The molecule has 3 rings (SSSR count). The van der Waals surface area contributed by atoms with Crippen molar-refractivity contribution in [1.29, 1.82) is 0 Å². The molecule has 2 aromatic heterocycles. The van der Waals surface area contributed by atoms with Crippen LogP contribution in [-0.4, -0.2) is 15.5 Å². The van der Waals surface area contributed by atoms with Gasteiger partial charge in [-0.25, -0.2) is 10.8 Å². The summed E-state index contributed by atoms with van der Waals surface area (Å²) in [6.45, 7) is 2.59. The summed E-state index contributed by atoms with van der Waals surface area (Å²) < 4.78 is 7.40. The normalized spacial score (nSPS) is 14.1. The van der Waals surface area contributed by atoms with Gasteiger partial charge in [0.05, 0.1) is 18.5 Å². The summed E-state index contributed by atoms with van der Waals surface area (Å²) >= 11 is 0. The van der Waals surface area contributed by atoms with Crippen LogP contribution in [0.3, 0.4) is 0 Å². The highest BCUT2D eigenvalue weighted by molar-refractivity contribution is 5.92. The van der Waals surface area contributed by atoms with Crippen molar-refractivity contribution in [3.8, 4) is 0 Å². The average molecular weight is 274 g/mol. The number of nitrogens with two attached hydrogens (primary N) is 1. The number of hydrogen-bond acceptors (Lipinski definition) is 4. The number of carbonyl (C=O) groups is 1. The predicted molar refractivity (Wildman–Crippen MR) is 73.1 cm³/mol. The average Bonchev–Trinajstić information content (AvgIpc) is 3.04. The van der Waals surface area contributed by atoms with Crippen molar-refractivity contribution in [2.24, 2.45) is 5.84 Å². The van der Waals surface area contributed by atoms with Crippen LogP contribution in [0.2, 0.25) is 0 Å². The van der Waals surface area contributed by atoms with E-state index in [0.29, 0.717) is 6.54 Å². The summed E-state index contributed by atoms with van der Waals surface area (Å²) in [7, 11) is 0. The maximum absolute atomic E-state index is 11.6. The van der Waals surface area contributed by atoms with Crippen LogP contribution in [0.25, 0.3) is 0 Å². The highest BCUT2D eigenvalue weighted by Gasteiger charge is 2.21. The van der Waals surface area contributed by atoms with Gasteiger partial charge in [-0.15, -0.1) is 0 Å². The minimum atomic E-state index is -0.406. The summed E-state index contributed by atoms with van der Waals surface area (Å²) in [5.74, 6) is 6.01. The Hall–Kier alpha value is -2.08. The lowest BCUT2D eigenvalue weighted by Gasteiger charge is -2.14. The molecule has 0 radical (unpaired) electrons. The van der Waals surface area contributed by atoms with E-state index in [2.05, 4.69) is 15.0 Å². The third kappa shape index (κ3) is 2.12. The number of aromatic nitrogens is 2. The third-order valence-electron chi connectivity index (χ3n) is 3.84. The maximum atomic E-state index is 11.6. The second-order valence-corrected chi connectivity index (χ2v) is 5.09. The number of fused-ring (bicyclic) bond motifs is 1. The highest BCUT2D eigenvalue weighted by atomic mass is 16.3. The molecule has 0 spiro atoms. The second-order valence-electron chi connectivity index (χ2n) is 5.09. The smallest absolute Gasteiger partial charge is 0.301 e. The van der Waals surface area contributed by atoms with Crippen LogP contribution in [0.15, 0.2) is 16.7 Å². The van der Waals surface area contributed by atoms with Crippen molar-refractivity contribution in [1.82, 2.24) is 15.0 Å². The topological polar surface area (TPSA) is 86.1 Å². The van der Waals surface area contributed by atoms with Gasteiger partial charge in [-0.3, -0.25) is 10.2 Å². The van der Waals surface area contributed by atoms with Crippen molar-refractivity contribution in [2.75, 3.05) is 0 Å². The lowest BCUT2D eigenvalue weighted by molar-refractivity contribution is 0.0924. The minimum Gasteiger partial charge on any atom is -0.459 e. The van der Waals surface area contributed by atoms with Gasteiger partial charge in [-0.2, -0.15) is 0 Å². The number of hydrazine groups is 1. The fourth-order valence-electron chi connectivity index (χ4n) is 2.84. The molecule has 0 bridgehead atoms. The number of furan rings is 1. The Labute approximate surface area is 116 Å². The van der Waals surface area contributed by atoms with E-state index >= 15 is 0 Å². The highest BCUT2D eigenvalue weighted by Crippen LogP contribution is 2.24. The van der Waals surface area contributed by atoms with Gasteiger partial charge in [-0.05, 0) is 38.7 Å². The fraction of sp³-hybridized carbons (Fsp3) is 0.429. The van der Waals surface area contributed by atoms with Crippen molar-refractivity contribution in [3.05, 3.63) is 40.9 Å². The van der Waals surface area contributed by atoms with Crippen molar-refractivity contribution < 1.29 is 9.21 Å². The Bertz CT molecular complexity index is 642. The van der Waals surface area contributed by atoms with E-state index in [1.807, 2.05) is 6.92 Å². The molecule has 0 aromatic carbocycles. The van der Waals surface area contributed by atoms with Gasteiger partial charge in [0.2, 0.25) is 0 Å². The lowest BCUT2D eigenvalue weighted by Crippen LogP contribution is -2.30. The van der Waals surface area contributed by atoms with E-state index in [1.54, 1.807) is 6.07 Å². The molecule has 0 saturated carbocycles. The zero-order valence-corrected chi connectivity index (χ0v) is 11.5. The van der Waals surface area contributed by atoms with E-state index in [0.717, 1.165) is 24.2 Å². The molecule has 3 N–H and O–H groups in total. The standard InChI is InChI=1S/C14H18N4O2/c1-9-16-11-4-2-3-5-12(11)18(9)8-10-6-7-20-13(10)14(19)17-15/h6-7H,2-5,8,15H2,1H3,(H,17,19). The summed E-state index contributed by atoms with van der Waals surface area (Å²) in [6.07, 6.45) is 6.01. The molecule has 1 aliphatic carbocycles. The number of imidazole rings is 1. The van der Waals surface area contributed by atoms with Crippen molar-refractivity contribution in [2.45, 2.75) is 39.2 Å². The summed E-state index contributed by atoms with van der Waals surface area (Å²) in [6, 6.07) is 1.80. The molecule has 0 saturated heterocycles. The Morgan fingerprint density at radius 2 is 2.30 bits per heavy atom.